The minimum atomic E-state index is -0.380. The smallest absolute Gasteiger partial charge is 0.170 e. The highest BCUT2D eigenvalue weighted by atomic mass is 15.2. The third-order valence-electron chi connectivity index (χ3n) is 5.53. The van der Waals surface area contributed by atoms with Crippen LogP contribution in [-0.2, 0) is 5.54 Å². The van der Waals surface area contributed by atoms with E-state index in [2.05, 4.69) is 52.7 Å². The Balaban J connectivity index is 1.79. The first-order chi connectivity index (χ1) is 14.4. The molecule has 0 unspecified atom stereocenters. The number of hydrogen-bond donors (Lipinski definition) is 1. The standard InChI is InChI=1S/C25H23N5/c1-16-28-29-24-21-15-20(17-7-5-4-6-8-17)23(27-22(21)13-14-30(16)24)18-9-11-19(12-10-18)25(2,3)26/h4-15H,26H2,1-3H3. The molecule has 0 saturated heterocycles. The van der Waals surface area contributed by atoms with E-state index in [1.54, 1.807) is 0 Å². The van der Waals surface area contributed by atoms with Crippen LogP contribution < -0.4 is 5.73 Å². The van der Waals surface area contributed by atoms with Crippen molar-refractivity contribution in [3.63, 3.8) is 0 Å². The molecule has 0 spiro atoms. The summed E-state index contributed by atoms with van der Waals surface area (Å²) in [6.07, 6.45) is 1.98. The van der Waals surface area contributed by atoms with Gasteiger partial charge < -0.3 is 5.73 Å². The van der Waals surface area contributed by atoms with Gasteiger partial charge in [0.2, 0.25) is 0 Å². The topological polar surface area (TPSA) is 69.1 Å². The number of nitrogens with zero attached hydrogens (tertiary/aromatic N) is 4. The van der Waals surface area contributed by atoms with Gasteiger partial charge in [0.15, 0.2) is 5.65 Å². The van der Waals surface area contributed by atoms with Crippen LogP contribution in [0.5, 0.6) is 0 Å². The highest BCUT2D eigenvalue weighted by molar-refractivity contribution is 5.98. The summed E-state index contributed by atoms with van der Waals surface area (Å²) in [5.74, 6) is 0.859. The molecule has 5 heteroatoms. The third-order valence-corrected chi connectivity index (χ3v) is 5.53. The Morgan fingerprint density at radius 1 is 0.867 bits per heavy atom. The molecular formula is C25H23N5. The van der Waals surface area contributed by atoms with Gasteiger partial charge in [0.25, 0.3) is 0 Å². The van der Waals surface area contributed by atoms with Gasteiger partial charge in [-0.15, -0.1) is 10.2 Å². The Morgan fingerprint density at radius 2 is 1.60 bits per heavy atom. The fourth-order valence-electron chi connectivity index (χ4n) is 3.83. The number of rotatable bonds is 3. The van der Waals surface area contributed by atoms with Gasteiger partial charge in [-0.3, -0.25) is 4.40 Å². The van der Waals surface area contributed by atoms with Crippen molar-refractivity contribution in [2.45, 2.75) is 26.3 Å². The molecule has 0 aliphatic heterocycles. The number of hydrogen-bond acceptors (Lipinski definition) is 4. The summed E-state index contributed by atoms with van der Waals surface area (Å²) in [4.78, 5) is 5.06. The molecule has 148 valence electrons. The SMILES string of the molecule is Cc1nnc2c3cc(-c4ccccc4)c(-c4ccc(C(C)(C)N)cc4)nc3ccn12. The minimum absolute atomic E-state index is 0.380. The lowest BCUT2D eigenvalue weighted by molar-refractivity contribution is 0.554. The molecule has 0 aliphatic carbocycles. The third kappa shape index (κ3) is 3.04. The van der Waals surface area contributed by atoms with Crippen LogP contribution in [0.3, 0.4) is 0 Å². The van der Waals surface area contributed by atoms with Crippen molar-refractivity contribution >= 4 is 16.6 Å². The average Bonchev–Trinajstić information content (AvgIpc) is 3.14. The number of fused-ring (bicyclic) bond motifs is 3. The lowest BCUT2D eigenvalue weighted by Gasteiger charge is -2.19. The van der Waals surface area contributed by atoms with Crippen LogP contribution in [0.25, 0.3) is 38.9 Å². The molecule has 0 aliphatic rings. The summed E-state index contributed by atoms with van der Waals surface area (Å²) in [6.45, 7) is 5.97. The van der Waals surface area contributed by atoms with Crippen molar-refractivity contribution in [2.24, 2.45) is 5.73 Å². The summed E-state index contributed by atoms with van der Waals surface area (Å²) in [5.41, 5.74) is 12.9. The van der Waals surface area contributed by atoms with E-state index in [-0.39, 0.29) is 5.54 Å². The van der Waals surface area contributed by atoms with E-state index in [0.717, 1.165) is 50.3 Å². The zero-order chi connectivity index (χ0) is 20.9. The van der Waals surface area contributed by atoms with Gasteiger partial charge in [0, 0.05) is 28.2 Å². The molecule has 3 heterocycles. The monoisotopic (exact) mass is 393 g/mol. The first-order valence-electron chi connectivity index (χ1n) is 10.0. The van der Waals surface area contributed by atoms with Crippen molar-refractivity contribution in [1.29, 1.82) is 0 Å². The first kappa shape index (κ1) is 18.5. The van der Waals surface area contributed by atoms with Gasteiger partial charge >= 0.3 is 0 Å². The van der Waals surface area contributed by atoms with Crippen LogP contribution in [0.4, 0.5) is 0 Å². The van der Waals surface area contributed by atoms with E-state index in [9.17, 15) is 0 Å². The molecule has 5 nitrogen and oxygen atoms in total. The predicted molar refractivity (Wildman–Crippen MR) is 121 cm³/mol. The molecule has 2 aromatic carbocycles. The fraction of sp³-hybridized carbons (Fsp3) is 0.160. The molecule has 0 bridgehead atoms. The molecule has 30 heavy (non-hydrogen) atoms. The summed E-state index contributed by atoms with van der Waals surface area (Å²) >= 11 is 0. The van der Waals surface area contributed by atoms with Gasteiger partial charge in [-0.1, -0.05) is 54.6 Å². The highest BCUT2D eigenvalue weighted by Crippen LogP contribution is 2.35. The second-order valence-electron chi connectivity index (χ2n) is 8.24. The van der Waals surface area contributed by atoms with E-state index >= 15 is 0 Å². The maximum absolute atomic E-state index is 6.26. The van der Waals surface area contributed by atoms with Crippen molar-refractivity contribution in [3.05, 3.63) is 84.3 Å². The van der Waals surface area contributed by atoms with Crippen molar-refractivity contribution in [2.75, 3.05) is 0 Å². The van der Waals surface area contributed by atoms with Gasteiger partial charge in [0.05, 0.1) is 11.2 Å². The number of pyridine rings is 2. The highest BCUT2D eigenvalue weighted by Gasteiger charge is 2.17. The number of benzene rings is 2. The lowest BCUT2D eigenvalue weighted by Crippen LogP contribution is -2.28. The van der Waals surface area contributed by atoms with Crippen LogP contribution in [0.1, 0.15) is 25.2 Å². The quantitative estimate of drug-likeness (QED) is 0.462. The molecule has 0 amide bonds. The molecule has 0 fully saturated rings. The zero-order valence-corrected chi connectivity index (χ0v) is 17.3. The molecule has 5 aromatic rings. The maximum atomic E-state index is 6.26. The zero-order valence-electron chi connectivity index (χ0n) is 17.3. The van der Waals surface area contributed by atoms with Crippen LogP contribution in [0.15, 0.2) is 72.9 Å². The molecule has 2 N–H and O–H groups in total. The molecule has 3 aromatic heterocycles. The van der Waals surface area contributed by atoms with E-state index < -0.39 is 0 Å². The minimum Gasteiger partial charge on any atom is -0.322 e. The summed E-state index contributed by atoms with van der Waals surface area (Å²) in [5, 5.41) is 9.60. The Hall–Kier alpha value is -3.57. The Kier molecular flexibility index (Phi) is 4.15. The molecule has 5 rings (SSSR count). The van der Waals surface area contributed by atoms with E-state index in [0.29, 0.717) is 0 Å². The molecule has 0 atom stereocenters. The Morgan fingerprint density at radius 3 is 2.30 bits per heavy atom. The summed E-state index contributed by atoms with van der Waals surface area (Å²) < 4.78 is 2.00. The number of aromatic nitrogens is 4. The van der Waals surface area contributed by atoms with Gasteiger partial charge in [0.1, 0.15) is 5.82 Å². The van der Waals surface area contributed by atoms with E-state index in [4.69, 9.17) is 10.7 Å². The van der Waals surface area contributed by atoms with Crippen LogP contribution in [0.2, 0.25) is 0 Å². The van der Waals surface area contributed by atoms with Crippen LogP contribution >= 0.6 is 0 Å². The largest absolute Gasteiger partial charge is 0.322 e. The molecule has 0 radical (unpaired) electrons. The van der Waals surface area contributed by atoms with Gasteiger partial charge in [-0.25, -0.2) is 4.98 Å². The van der Waals surface area contributed by atoms with Crippen LogP contribution in [-0.4, -0.2) is 19.6 Å². The predicted octanol–water partition coefficient (Wildman–Crippen LogP) is 5.11. The van der Waals surface area contributed by atoms with E-state index in [1.165, 1.54) is 0 Å². The average molecular weight is 393 g/mol. The van der Waals surface area contributed by atoms with Crippen molar-refractivity contribution in [3.8, 4) is 22.4 Å². The Labute approximate surface area is 175 Å². The second-order valence-corrected chi connectivity index (χ2v) is 8.24. The number of nitrogens with two attached hydrogens (primary N) is 1. The Bertz CT molecular complexity index is 1360. The normalized spacial score (nSPS) is 12.0. The van der Waals surface area contributed by atoms with Crippen LogP contribution in [0, 0.1) is 6.92 Å². The van der Waals surface area contributed by atoms with Crippen molar-refractivity contribution < 1.29 is 0 Å². The van der Waals surface area contributed by atoms with Crippen molar-refractivity contribution in [1.82, 2.24) is 19.6 Å². The van der Waals surface area contributed by atoms with E-state index in [1.807, 2.05) is 55.6 Å². The molecule has 0 saturated carbocycles. The maximum Gasteiger partial charge on any atom is 0.170 e. The summed E-state index contributed by atoms with van der Waals surface area (Å²) in [7, 11) is 0. The van der Waals surface area contributed by atoms with Gasteiger partial charge in [-0.05, 0) is 44.0 Å². The second kappa shape index (κ2) is 6.75. The fourth-order valence-corrected chi connectivity index (χ4v) is 3.83. The molecular weight excluding hydrogens is 370 g/mol. The number of aryl methyl sites for hydroxylation is 1. The summed E-state index contributed by atoms with van der Waals surface area (Å²) in [6, 6.07) is 22.9. The lowest BCUT2D eigenvalue weighted by atomic mass is 9.92. The first-order valence-corrected chi connectivity index (χ1v) is 10.0. The van der Waals surface area contributed by atoms with Gasteiger partial charge in [-0.2, -0.15) is 0 Å².